The molecule has 25 heavy (non-hydrogen) atoms. The highest BCUT2D eigenvalue weighted by Gasteiger charge is 2.19. The average Bonchev–Trinajstić information content (AvgIpc) is 2.61. The fraction of sp³-hybridized carbons (Fsp3) is 0.263. The number of hydrogen-bond acceptors (Lipinski definition) is 3. The molecule has 2 N–H and O–H groups in total. The molecule has 2 amide bonds. The molecule has 0 radical (unpaired) electrons. The van der Waals surface area contributed by atoms with Gasteiger partial charge in [0.2, 0.25) is 11.8 Å². The lowest BCUT2D eigenvalue weighted by molar-refractivity contribution is -0.126. The van der Waals surface area contributed by atoms with Crippen LogP contribution in [0.5, 0.6) is 0 Å². The molecular formula is C19H22ClN3O2. The number of amides is 2. The van der Waals surface area contributed by atoms with Crippen molar-refractivity contribution >= 4 is 29.1 Å². The summed E-state index contributed by atoms with van der Waals surface area (Å²) in [6.45, 7) is 2.35. The summed E-state index contributed by atoms with van der Waals surface area (Å²) in [7, 11) is 1.74. The van der Waals surface area contributed by atoms with Gasteiger partial charge < -0.3 is 10.6 Å². The van der Waals surface area contributed by atoms with E-state index in [9.17, 15) is 9.59 Å². The Morgan fingerprint density at radius 1 is 1.08 bits per heavy atom. The Balaban J connectivity index is 1.80. The lowest BCUT2D eigenvalue weighted by atomic mass is 10.2. The third-order valence-electron chi connectivity index (χ3n) is 3.87. The van der Waals surface area contributed by atoms with Crippen LogP contribution in [0.1, 0.15) is 12.5 Å². The predicted molar refractivity (Wildman–Crippen MR) is 100 cm³/mol. The highest BCUT2D eigenvalue weighted by molar-refractivity contribution is 6.30. The smallest absolute Gasteiger partial charge is 0.238 e. The summed E-state index contributed by atoms with van der Waals surface area (Å²) in [5, 5.41) is 6.27. The topological polar surface area (TPSA) is 61.4 Å². The molecule has 0 unspecified atom stereocenters. The van der Waals surface area contributed by atoms with E-state index in [2.05, 4.69) is 10.6 Å². The quantitative estimate of drug-likeness (QED) is 0.799. The van der Waals surface area contributed by atoms with Crippen molar-refractivity contribution in [2.45, 2.75) is 19.5 Å². The SMILES string of the molecule is C[C@@H](C(=O)NCc1ccccc1)N(C)CC(=O)Nc1ccc(Cl)cc1. The number of likely N-dealkylation sites (N-methyl/N-ethyl adjacent to an activating group) is 1. The molecule has 0 heterocycles. The number of benzene rings is 2. The molecular weight excluding hydrogens is 338 g/mol. The molecule has 0 aliphatic heterocycles. The Kier molecular flexibility index (Phi) is 6.98. The van der Waals surface area contributed by atoms with Crippen molar-refractivity contribution in [3.05, 3.63) is 65.2 Å². The van der Waals surface area contributed by atoms with Gasteiger partial charge in [-0.3, -0.25) is 14.5 Å². The Bertz CT molecular complexity index is 704. The van der Waals surface area contributed by atoms with Gasteiger partial charge in [-0.05, 0) is 43.8 Å². The van der Waals surface area contributed by atoms with Crippen molar-refractivity contribution < 1.29 is 9.59 Å². The van der Waals surface area contributed by atoms with E-state index in [0.717, 1.165) is 5.56 Å². The predicted octanol–water partition coefficient (Wildman–Crippen LogP) is 2.92. The van der Waals surface area contributed by atoms with Crippen molar-refractivity contribution in [2.24, 2.45) is 0 Å². The zero-order valence-corrected chi connectivity index (χ0v) is 15.1. The van der Waals surface area contributed by atoms with E-state index in [4.69, 9.17) is 11.6 Å². The van der Waals surface area contributed by atoms with Crippen LogP contribution in [0, 0.1) is 0 Å². The molecule has 6 heteroatoms. The maximum Gasteiger partial charge on any atom is 0.238 e. The normalized spacial score (nSPS) is 11.8. The molecule has 0 saturated carbocycles. The van der Waals surface area contributed by atoms with Gasteiger partial charge in [-0.15, -0.1) is 0 Å². The summed E-state index contributed by atoms with van der Waals surface area (Å²) in [6.07, 6.45) is 0. The van der Waals surface area contributed by atoms with Gasteiger partial charge in [-0.25, -0.2) is 0 Å². The van der Waals surface area contributed by atoms with Crippen molar-refractivity contribution in [2.75, 3.05) is 18.9 Å². The van der Waals surface area contributed by atoms with Gasteiger partial charge in [-0.2, -0.15) is 0 Å². The van der Waals surface area contributed by atoms with Gasteiger partial charge in [0.05, 0.1) is 12.6 Å². The number of nitrogens with one attached hydrogen (secondary N) is 2. The fourth-order valence-electron chi connectivity index (χ4n) is 2.23. The number of carbonyl (C=O) groups excluding carboxylic acids is 2. The van der Waals surface area contributed by atoms with Crippen LogP contribution in [-0.2, 0) is 16.1 Å². The fourth-order valence-corrected chi connectivity index (χ4v) is 2.36. The number of nitrogens with zero attached hydrogens (tertiary/aromatic N) is 1. The second kappa shape index (κ2) is 9.20. The van der Waals surface area contributed by atoms with E-state index in [1.54, 1.807) is 43.1 Å². The van der Waals surface area contributed by atoms with Crippen LogP contribution >= 0.6 is 11.6 Å². The summed E-state index contributed by atoms with van der Waals surface area (Å²) in [6, 6.07) is 16.2. The molecule has 1 atom stereocenters. The molecule has 2 aromatic rings. The van der Waals surface area contributed by atoms with Gasteiger partial charge in [0.1, 0.15) is 0 Å². The zero-order chi connectivity index (χ0) is 18.2. The number of hydrogen-bond donors (Lipinski definition) is 2. The van der Waals surface area contributed by atoms with Crippen molar-refractivity contribution in [3.63, 3.8) is 0 Å². The molecule has 2 aromatic carbocycles. The number of carbonyl (C=O) groups is 2. The largest absolute Gasteiger partial charge is 0.351 e. The highest BCUT2D eigenvalue weighted by Crippen LogP contribution is 2.13. The number of rotatable bonds is 7. The first-order valence-corrected chi connectivity index (χ1v) is 8.41. The van der Waals surface area contributed by atoms with Crippen LogP contribution in [0.25, 0.3) is 0 Å². The average molecular weight is 360 g/mol. The van der Waals surface area contributed by atoms with Crippen molar-refractivity contribution in [1.29, 1.82) is 0 Å². The second-order valence-electron chi connectivity index (χ2n) is 5.85. The zero-order valence-electron chi connectivity index (χ0n) is 14.3. The van der Waals surface area contributed by atoms with Gasteiger partial charge in [0.15, 0.2) is 0 Å². The molecule has 0 aliphatic carbocycles. The molecule has 0 spiro atoms. The molecule has 0 saturated heterocycles. The Morgan fingerprint density at radius 2 is 1.72 bits per heavy atom. The van der Waals surface area contributed by atoms with Gasteiger partial charge in [0.25, 0.3) is 0 Å². The van der Waals surface area contributed by atoms with Gasteiger partial charge in [-0.1, -0.05) is 41.9 Å². The van der Waals surface area contributed by atoms with E-state index in [1.807, 2.05) is 30.3 Å². The molecule has 0 bridgehead atoms. The van der Waals surface area contributed by atoms with Gasteiger partial charge in [0, 0.05) is 17.3 Å². The standard InChI is InChI=1S/C19H22ClN3O2/c1-14(19(25)21-12-15-6-4-3-5-7-15)23(2)13-18(24)22-17-10-8-16(20)9-11-17/h3-11,14H,12-13H2,1-2H3,(H,21,25)(H,22,24)/t14-/m0/s1. The highest BCUT2D eigenvalue weighted by atomic mass is 35.5. The van der Waals surface area contributed by atoms with E-state index in [0.29, 0.717) is 17.3 Å². The first kappa shape index (κ1) is 19.0. The Labute approximate surface area is 153 Å². The minimum atomic E-state index is -0.417. The van der Waals surface area contributed by atoms with Crippen LogP contribution in [-0.4, -0.2) is 36.3 Å². The minimum absolute atomic E-state index is 0.114. The van der Waals surface area contributed by atoms with E-state index < -0.39 is 6.04 Å². The van der Waals surface area contributed by atoms with Gasteiger partial charge >= 0.3 is 0 Å². The maximum absolute atomic E-state index is 12.2. The number of anilines is 1. The van der Waals surface area contributed by atoms with Crippen LogP contribution in [0.15, 0.2) is 54.6 Å². The summed E-state index contributed by atoms with van der Waals surface area (Å²) >= 11 is 5.82. The minimum Gasteiger partial charge on any atom is -0.351 e. The molecule has 0 fully saturated rings. The summed E-state index contributed by atoms with van der Waals surface area (Å²) < 4.78 is 0. The lowest BCUT2D eigenvalue weighted by Crippen LogP contribution is -2.45. The van der Waals surface area contributed by atoms with Crippen LogP contribution in [0.4, 0.5) is 5.69 Å². The molecule has 132 valence electrons. The van der Waals surface area contributed by atoms with Crippen LogP contribution < -0.4 is 10.6 Å². The first-order chi connectivity index (χ1) is 12.0. The molecule has 0 aromatic heterocycles. The Morgan fingerprint density at radius 3 is 2.36 bits per heavy atom. The second-order valence-corrected chi connectivity index (χ2v) is 6.29. The Hall–Kier alpha value is -2.37. The molecule has 0 aliphatic rings. The van der Waals surface area contributed by atoms with Crippen molar-refractivity contribution in [1.82, 2.24) is 10.2 Å². The summed E-state index contributed by atoms with van der Waals surface area (Å²) in [4.78, 5) is 26.0. The van der Waals surface area contributed by atoms with E-state index >= 15 is 0 Å². The van der Waals surface area contributed by atoms with E-state index in [-0.39, 0.29) is 18.4 Å². The van der Waals surface area contributed by atoms with Crippen LogP contribution in [0.3, 0.4) is 0 Å². The summed E-state index contributed by atoms with van der Waals surface area (Å²) in [5.41, 5.74) is 1.70. The van der Waals surface area contributed by atoms with Crippen molar-refractivity contribution in [3.8, 4) is 0 Å². The molecule has 5 nitrogen and oxygen atoms in total. The maximum atomic E-state index is 12.2. The third-order valence-corrected chi connectivity index (χ3v) is 4.12. The van der Waals surface area contributed by atoms with E-state index in [1.165, 1.54) is 0 Å². The monoisotopic (exact) mass is 359 g/mol. The first-order valence-electron chi connectivity index (χ1n) is 8.03. The summed E-state index contributed by atoms with van der Waals surface area (Å²) in [5.74, 6) is -0.307. The third kappa shape index (κ3) is 6.21. The van der Waals surface area contributed by atoms with Crippen LogP contribution in [0.2, 0.25) is 5.02 Å². The lowest BCUT2D eigenvalue weighted by Gasteiger charge is -2.23. The molecule has 2 rings (SSSR count). The number of halogens is 1.